The predicted molar refractivity (Wildman–Crippen MR) is 143 cm³/mol. The summed E-state index contributed by atoms with van der Waals surface area (Å²) >= 11 is 0. The Bertz CT molecular complexity index is 1670. The summed E-state index contributed by atoms with van der Waals surface area (Å²) in [5.41, 5.74) is 8.21. The summed E-state index contributed by atoms with van der Waals surface area (Å²) in [6.07, 6.45) is 6.79. The first kappa shape index (κ1) is 25.4. The van der Waals surface area contributed by atoms with E-state index in [2.05, 4.69) is 16.0 Å². The molecule has 9 nitrogen and oxygen atoms in total. The second-order valence-corrected chi connectivity index (χ2v) is 10.0. The molecule has 1 atom stereocenters. The third-order valence-electron chi connectivity index (χ3n) is 7.20. The van der Waals surface area contributed by atoms with Crippen molar-refractivity contribution < 1.29 is 18.3 Å². The number of nitriles is 1. The highest BCUT2D eigenvalue weighted by atomic mass is 19.1. The molecule has 2 aliphatic rings. The average molecular weight is 542 g/mol. The molecule has 40 heavy (non-hydrogen) atoms. The number of hydrogen-bond acceptors (Lipinski definition) is 7. The van der Waals surface area contributed by atoms with Gasteiger partial charge in [0, 0.05) is 18.2 Å². The van der Waals surface area contributed by atoms with Crippen molar-refractivity contribution in [2.45, 2.75) is 38.3 Å². The lowest BCUT2D eigenvalue weighted by molar-refractivity contribution is -0.127. The number of amides is 1. The van der Waals surface area contributed by atoms with Gasteiger partial charge in [-0.15, -0.1) is 0 Å². The Labute approximate surface area is 228 Å². The largest absolute Gasteiger partial charge is 0.454 e. The van der Waals surface area contributed by atoms with Gasteiger partial charge in [-0.2, -0.15) is 10.4 Å². The molecule has 1 amide bonds. The molecule has 2 aromatic carbocycles. The number of rotatable bonds is 7. The second kappa shape index (κ2) is 10.4. The van der Waals surface area contributed by atoms with Crippen LogP contribution in [0.2, 0.25) is 0 Å². The summed E-state index contributed by atoms with van der Waals surface area (Å²) in [5.74, 6) is -0.854. The molecule has 2 fully saturated rings. The van der Waals surface area contributed by atoms with Crippen molar-refractivity contribution in [1.82, 2.24) is 24.6 Å². The molecule has 6 rings (SSSR count). The Morgan fingerprint density at radius 3 is 2.70 bits per heavy atom. The Morgan fingerprint density at radius 1 is 1.15 bits per heavy atom. The molecule has 0 bridgehead atoms. The van der Waals surface area contributed by atoms with E-state index in [1.54, 1.807) is 39.9 Å². The van der Waals surface area contributed by atoms with Gasteiger partial charge in [0.1, 0.15) is 41.0 Å². The fraction of sp³-hybridized carbons (Fsp3) is 0.276. The van der Waals surface area contributed by atoms with Crippen molar-refractivity contribution in [2.24, 2.45) is 5.92 Å². The predicted octanol–water partition coefficient (Wildman–Crippen LogP) is 5.00. The third-order valence-corrected chi connectivity index (χ3v) is 7.20. The molecule has 0 radical (unpaired) electrons. The van der Waals surface area contributed by atoms with Crippen LogP contribution in [0.3, 0.4) is 0 Å². The lowest BCUT2D eigenvalue weighted by Crippen LogP contribution is -2.39. The monoisotopic (exact) mass is 541 g/mol. The summed E-state index contributed by atoms with van der Waals surface area (Å²) in [5, 5.41) is 15.0. The number of carbonyl (C=O) groups excluding carboxylic acids is 1. The maximum atomic E-state index is 14.0. The smallest absolute Gasteiger partial charge is 0.264 e. The summed E-state index contributed by atoms with van der Waals surface area (Å²) < 4.78 is 34.8. The van der Waals surface area contributed by atoms with Crippen molar-refractivity contribution in [3.63, 3.8) is 0 Å². The highest BCUT2D eigenvalue weighted by Crippen LogP contribution is 2.34. The quantitative estimate of drug-likeness (QED) is 0.258. The van der Waals surface area contributed by atoms with Crippen LogP contribution in [-0.2, 0) is 11.3 Å². The van der Waals surface area contributed by atoms with Crippen LogP contribution in [0.1, 0.15) is 25.7 Å². The van der Waals surface area contributed by atoms with Crippen LogP contribution in [-0.4, -0.2) is 43.1 Å². The zero-order valence-corrected chi connectivity index (χ0v) is 21.4. The molecule has 2 N–H and O–H groups in total. The van der Waals surface area contributed by atoms with Gasteiger partial charge in [-0.05, 0) is 68.0 Å². The number of anilines is 1. The van der Waals surface area contributed by atoms with Gasteiger partial charge in [0.2, 0.25) is 0 Å². The zero-order valence-electron chi connectivity index (χ0n) is 21.4. The first-order valence-corrected chi connectivity index (χ1v) is 13.0. The van der Waals surface area contributed by atoms with Gasteiger partial charge >= 0.3 is 0 Å². The average Bonchev–Trinajstić information content (AvgIpc) is 3.53. The SMILES string of the molecule is N#CC(=CC1CC1)C(=O)N1CCC[C@H]1Cn1nc(-c2ccc(Oc3cc(F)ccc3F)cc2)c2c(N)ncnc21. The number of hydrogen-bond donors (Lipinski definition) is 1. The first-order valence-electron chi connectivity index (χ1n) is 13.0. The van der Waals surface area contributed by atoms with Crippen LogP contribution >= 0.6 is 0 Å². The molecular formula is C29H25F2N7O2. The minimum Gasteiger partial charge on any atom is -0.454 e. The molecule has 11 heteroatoms. The number of nitrogens with zero attached hydrogens (tertiary/aromatic N) is 6. The number of benzene rings is 2. The second-order valence-electron chi connectivity index (χ2n) is 10.0. The number of aromatic nitrogens is 4. The number of fused-ring (bicyclic) bond motifs is 1. The molecular weight excluding hydrogens is 516 g/mol. The Hall–Kier alpha value is -4.85. The van der Waals surface area contributed by atoms with E-state index >= 15 is 0 Å². The van der Waals surface area contributed by atoms with Crippen LogP contribution in [0.5, 0.6) is 11.5 Å². The molecule has 0 spiro atoms. The fourth-order valence-electron chi connectivity index (χ4n) is 5.03. The molecule has 1 saturated heterocycles. The highest BCUT2D eigenvalue weighted by molar-refractivity contribution is 5.99. The standard InChI is InChI=1S/C29H25F2N7O2/c30-20-7-10-23(31)24(13-20)40-22-8-5-18(6-9-22)26-25-27(33)34-16-35-28(25)38(36-26)15-21-2-1-11-37(21)29(39)19(14-32)12-17-3-4-17/h5-10,12-13,16-17,21H,1-4,11,15H2,(H2,33,34,35)/t21-/m0/s1. The van der Waals surface area contributed by atoms with Gasteiger partial charge in [0.05, 0.1) is 18.0 Å². The van der Waals surface area contributed by atoms with E-state index in [1.807, 2.05) is 0 Å². The van der Waals surface area contributed by atoms with Crippen molar-refractivity contribution in [2.75, 3.05) is 12.3 Å². The van der Waals surface area contributed by atoms with Crippen LogP contribution in [0, 0.1) is 28.9 Å². The van der Waals surface area contributed by atoms with Crippen molar-refractivity contribution in [3.05, 3.63) is 72.1 Å². The molecule has 4 aromatic rings. The number of likely N-dealkylation sites (tertiary alicyclic amines) is 1. The molecule has 0 unspecified atom stereocenters. The molecule has 2 aromatic heterocycles. The Morgan fingerprint density at radius 2 is 1.95 bits per heavy atom. The van der Waals surface area contributed by atoms with Gasteiger partial charge in [0.15, 0.2) is 17.2 Å². The number of nitrogen functional groups attached to an aromatic ring is 1. The van der Waals surface area contributed by atoms with Crippen LogP contribution in [0.25, 0.3) is 22.3 Å². The maximum absolute atomic E-state index is 14.0. The lowest BCUT2D eigenvalue weighted by Gasteiger charge is -2.24. The fourth-order valence-corrected chi connectivity index (χ4v) is 5.03. The van der Waals surface area contributed by atoms with Crippen LogP contribution in [0.4, 0.5) is 14.6 Å². The van der Waals surface area contributed by atoms with E-state index in [0.29, 0.717) is 47.0 Å². The van der Waals surface area contributed by atoms with Crippen molar-refractivity contribution >= 4 is 22.8 Å². The summed E-state index contributed by atoms with van der Waals surface area (Å²) in [4.78, 5) is 23.5. The Balaban J connectivity index is 1.28. The molecule has 202 valence electrons. The van der Waals surface area contributed by atoms with E-state index in [4.69, 9.17) is 15.6 Å². The summed E-state index contributed by atoms with van der Waals surface area (Å²) in [6.45, 7) is 0.949. The van der Waals surface area contributed by atoms with Gasteiger partial charge in [-0.25, -0.2) is 23.4 Å². The van der Waals surface area contributed by atoms with Crippen molar-refractivity contribution in [1.29, 1.82) is 5.26 Å². The highest BCUT2D eigenvalue weighted by Gasteiger charge is 2.33. The van der Waals surface area contributed by atoms with Gasteiger partial charge in [-0.1, -0.05) is 6.08 Å². The van der Waals surface area contributed by atoms with E-state index in [0.717, 1.165) is 43.9 Å². The number of allylic oxidation sites excluding steroid dienone is 1. The van der Waals surface area contributed by atoms with E-state index in [-0.39, 0.29) is 29.1 Å². The minimum atomic E-state index is -0.676. The number of halogens is 2. The molecule has 1 aliphatic carbocycles. The van der Waals surface area contributed by atoms with Gasteiger partial charge < -0.3 is 15.4 Å². The first-order chi connectivity index (χ1) is 19.4. The molecule has 1 saturated carbocycles. The van der Waals surface area contributed by atoms with Gasteiger partial charge in [0.25, 0.3) is 5.91 Å². The van der Waals surface area contributed by atoms with Crippen LogP contribution < -0.4 is 10.5 Å². The third kappa shape index (κ3) is 4.96. The van der Waals surface area contributed by atoms with E-state index in [9.17, 15) is 18.8 Å². The van der Waals surface area contributed by atoms with Crippen LogP contribution in [0.15, 0.2) is 60.4 Å². The van der Waals surface area contributed by atoms with Gasteiger partial charge in [-0.3, -0.25) is 4.79 Å². The number of ether oxygens (including phenoxy) is 1. The normalized spacial score (nSPS) is 17.3. The van der Waals surface area contributed by atoms with E-state index in [1.165, 1.54) is 6.33 Å². The Kier molecular flexibility index (Phi) is 6.59. The minimum absolute atomic E-state index is 0.160. The number of carbonyl (C=O) groups is 1. The molecule has 3 heterocycles. The summed E-state index contributed by atoms with van der Waals surface area (Å²) in [7, 11) is 0. The maximum Gasteiger partial charge on any atom is 0.264 e. The lowest BCUT2D eigenvalue weighted by atomic mass is 10.1. The zero-order chi connectivity index (χ0) is 27.8. The summed E-state index contributed by atoms with van der Waals surface area (Å²) in [6, 6.07) is 11.6. The van der Waals surface area contributed by atoms with E-state index < -0.39 is 11.6 Å². The number of nitrogens with two attached hydrogens (primary N) is 1. The molecule has 1 aliphatic heterocycles. The topological polar surface area (TPSA) is 123 Å². The van der Waals surface area contributed by atoms with Crippen molar-refractivity contribution in [3.8, 4) is 28.8 Å².